The number of carbonyl (C=O) groups is 1. The minimum Gasteiger partial charge on any atom is -0.465 e. The van der Waals surface area contributed by atoms with E-state index in [0.717, 1.165) is 30.3 Å². The normalized spacial score (nSPS) is 10.9. The number of ether oxygens (including phenoxy) is 1. The third-order valence-electron chi connectivity index (χ3n) is 3.27. The molecule has 1 heterocycles. The van der Waals surface area contributed by atoms with Gasteiger partial charge in [-0.2, -0.15) is 0 Å². The maximum Gasteiger partial charge on any atom is 0.330 e. The van der Waals surface area contributed by atoms with Crippen molar-refractivity contribution in [1.29, 1.82) is 0 Å². The number of rotatable bonds is 8. The van der Waals surface area contributed by atoms with Gasteiger partial charge in [0.2, 0.25) is 0 Å². The van der Waals surface area contributed by atoms with Crippen molar-refractivity contribution in [2.75, 3.05) is 6.61 Å². The molecule has 1 rings (SSSR count). The van der Waals surface area contributed by atoms with Crippen LogP contribution in [0.2, 0.25) is 0 Å². The summed E-state index contributed by atoms with van der Waals surface area (Å²) in [7, 11) is 1.48. The van der Waals surface area contributed by atoms with Gasteiger partial charge in [-0.05, 0) is 19.3 Å². The molecule has 0 bridgehead atoms. The highest BCUT2D eigenvalue weighted by Gasteiger charge is 2.07. The predicted octanol–water partition coefficient (Wildman–Crippen LogP) is 1.31. The summed E-state index contributed by atoms with van der Waals surface area (Å²) in [5.74, 6) is -0.242. The lowest BCUT2D eigenvalue weighted by Crippen LogP contribution is -2.36. The Kier molecular flexibility index (Phi) is 6.91. The minimum absolute atomic E-state index is 0.0819. The van der Waals surface area contributed by atoms with Crippen molar-refractivity contribution in [3.05, 3.63) is 33.1 Å². The molecular weight excluding hydrogens is 272 g/mol. The quantitative estimate of drug-likeness (QED) is 0.535. The third-order valence-corrected chi connectivity index (χ3v) is 3.27. The minimum atomic E-state index is -0.289. The molecule has 0 fully saturated rings. The van der Waals surface area contributed by atoms with Crippen LogP contribution in [0.4, 0.5) is 0 Å². The molecule has 21 heavy (non-hydrogen) atoms. The Bertz CT molecular complexity index is 572. The van der Waals surface area contributed by atoms with Crippen molar-refractivity contribution in [2.24, 2.45) is 13.0 Å². The first-order valence-corrected chi connectivity index (χ1v) is 7.36. The number of hydrogen-bond acceptors (Lipinski definition) is 4. The highest BCUT2D eigenvalue weighted by Crippen LogP contribution is 2.03. The molecule has 0 saturated carbocycles. The molecular formula is C15H24N2O4. The molecule has 0 spiro atoms. The second-order valence-electron chi connectivity index (χ2n) is 5.43. The number of carbonyl (C=O) groups excluding carboxylic acids is 1. The van der Waals surface area contributed by atoms with E-state index in [9.17, 15) is 14.4 Å². The van der Waals surface area contributed by atoms with Gasteiger partial charge in [-0.1, -0.05) is 20.3 Å². The summed E-state index contributed by atoms with van der Waals surface area (Å²) in [4.78, 5) is 34.2. The van der Waals surface area contributed by atoms with E-state index < -0.39 is 0 Å². The van der Waals surface area contributed by atoms with Crippen LogP contribution >= 0.6 is 0 Å². The molecule has 0 aromatic carbocycles. The smallest absolute Gasteiger partial charge is 0.330 e. The molecule has 6 nitrogen and oxygen atoms in total. The van der Waals surface area contributed by atoms with Crippen LogP contribution in [-0.4, -0.2) is 21.7 Å². The molecule has 0 saturated heterocycles. The van der Waals surface area contributed by atoms with Crippen LogP contribution in [0.1, 0.15) is 39.5 Å². The SMILES string of the molecule is CC(C)C(=O)OCCCCCCn1ccc(=O)n(C)c1=O. The Morgan fingerprint density at radius 3 is 2.52 bits per heavy atom. The zero-order valence-electron chi connectivity index (χ0n) is 13.0. The average molecular weight is 296 g/mol. The lowest BCUT2D eigenvalue weighted by molar-refractivity contribution is -0.147. The predicted molar refractivity (Wildman–Crippen MR) is 80.2 cm³/mol. The Balaban J connectivity index is 2.21. The van der Waals surface area contributed by atoms with E-state index in [0.29, 0.717) is 13.2 Å². The largest absolute Gasteiger partial charge is 0.465 e. The fourth-order valence-corrected chi connectivity index (χ4v) is 1.86. The fraction of sp³-hybridized carbons (Fsp3) is 0.667. The van der Waals surface area contributed by atoms with Crippen LogP contribution in [0.15, 0.2) is 21.9 Å². The summed E-state index contributed by atoms with van der Waals surface area (Å²) in [5.41, 5.74) is -0.573. The first kappa shape index (κ1) is 17.2. The van der Waals surface area contributed by atoms with E-state index in [1.54, 1.807) is 4.57 Å². The van der Waals surface area contributed by atoms with Gasteiger partial charge in [-0.15, -0.1) is 0 Å². The number of hydrogen-bond donors (Lipinski definition) is 0. The molecule has 0 amide bonds. The zero-order valence-corrected chi connectivity index (χ0v) is 13.0. The summed E-state index contributed by atoms with van der Waals surface area (Å²) >= 11 is 0. The van der Waals surface area contributed by atoms with Crippen LogP contribution in [0.3, 0.4) is 0 Å². The van der Waals surface area contributed by atoms with Gasteiger partial charge < -0.3 is 9.30 Å². The summed E-state index contributed by atoms with van der Waals surface area (Å²) in [6, 6.07) is 1.40. The van der Waals surface area contributed by atoms with Crippen molar-refractivity contribution in [3.63, 3.8) is 0 Å². The lowest BCUT2D eigenvalue weighted by Gasteiger charge is -2.08. The number of unbranched alkanes of at least 4 members (excludes halogenated alkanes) is 3. The Morgan fingerprint density at radius 2 is 1.86 bits per heavy atom. The molecule has 1 aromatic rings. The summed E-state index contributed by atoms with van der Waals surface area (Å²) in [6.45, 7) is 4.68. The Hall–Kier alpha value is -1.85. The molecule has 0 aliphatic rings. The first-order valence-electron chi connectivity index (χ1n) is 7.36. The van der Waals surface area contributed by atoms with Crippen molar-refractivity contribution >= 4 is 5.97 Å². The van der Waals surface area contributed by atoms with Crippen LogP contribution in [0, 0.1) is 5.92 Å². The van der Waals surface area contributed by atoms with E-state index in [-0.39, 0.29) is 23.1 Å². The van der Waals surface area contributed by atoms with Gasteiger partial charge in [0.1, 0.15) is 0 Å². The van der Waals surface area contributed by atoms with Gasteiger partial charge in [0.15, 0.2) is 0 Å². The van der Waals surface area contributed by atoms with Crippen LogP contribution in [0.25, 0.3) is 0 Å². The van der Waals surface area contributed by atoms with Gasteiger partial charge in [-0.3, -0.25) is 14.2 Å². The van der Waals surface area contributed by atoms with E-state index in [4.69, 9.17) is 4.74 Å². The van der Waals surface area contributed by atoms with Crippen molar-refractivity contribution in [1.82, 2.24) is 9.13 Å². The van der Waals surface area contributed by atoms with E-state index in [1.807, 2.05) is 13.8 Å². The lowest BCUT2D eigenvalue weighted by atomic mass is 10.2. The van der Waals surface area contributed by atoms with Gasteiger partial charge in [0.25, 0.3) is 5.56 Å². The van der Waals surface area contributed by atoms with Crippen LogP contribution in [-0.2, 0) is 23.1 Å². The monoisotopic (exact) mass is 296 g/mol. The fourth-order valence-electron chi connectivity index (χ4n) is 1.86. The van der Waals surface area contributed by atoms with E-state index in [1.165, 1.54) is 19.3 Å². The first-order chi connectivity index (χ1) is 9.93. The molecule has 0 aliphatic heterocycles. The number of aromatic nitrogens is 2. The third kappa shape index (κ3) is 5.57. The molecule has 0 aliphatic carbocycles. The van der Waals surface area contributed by atoms with E-state index >= 15 is 0 Å². The Labute approximate surface area is 124 Å². The van der Waals surface area contributed by atoms with Gasteiger partial charge in [0, 0.05) is 25.9 Å². The number of esters is 1. The molecule has 6 heteroatoms. The Morgan fingerprint density at radius 1 is 1.19 bits per heavy atom. The highest BCUT2D eigenvalue weighted by molar-refractivity contribution is 5.71. The molecule has 0 radical (unpaired) electrons. The maximum atomic E-state index is 11.8. The summed E-state index contributed by atoms with van der Waals surface area (Å²) in [6.07, 6.45) is 5.13. The topological polar surface area (TPSA) is 70.3 Å². The van der Waals surface area contributed by atoms with Gasteiger partial charge in [0.05, 0.1) is 12.5 Å². The summed E-state index contributed by atoms with van der Waals surface area (Å²) < 4.78 is 7.73. The summed E-state index contributed by atoms with van der Waals surface area (Å²) in [5, 5.41) is 0. The zero-order chi connectivity index (χ0) is 15.8. The molecule has 0 unspecified atom stereocenters. The molecule has 0 N–H and O–H groups in total. The highest BCUT2D eigenvalue weighted by atomic mass is 16.5. The van der Waals surface area contributed by atoms with Crippen molar-refractivity contribution < 1.29 is 9.53 Å². The van der Waals surface area contributed by atoms with Crippen molar-refractivity contribution in [3.8, 4) is 0 Å². The van der Waals surface area contributed by atoms with Gasteiger partial charge >= 0.3 is 11.7 Å². The van der Waals surface area contributed by atoms with Crippen molar-refractivity contribution in [2.45, 2.75) is 46.1 Å². The van der Waals surface area contributed by atoms with Crippen LogP contribution in [0.5, 0.6) is 0 Å². The van der Waals surface area contributed by atoms with E-state index in [2.05, 4.69) is 0 Å². The number of aryl methyl sites for hydroxylation is 1. The molecule has 1 aromatic heterocycles. The second kappa shape index (κ2) is 8.44. The average Bonchev–Trinajstić information content (AvgIpc) is 2.45. The maximum absolute atomic E-state index is 11.8. The van der Waals surface area contributed by atoms with Gasteiger partial charge in [-0.25, -0.2) is 4.79 Å². The molecule has 0 atom stereocenters. The standard InChI is InChI=1S/C15H24N2O4/c1-12(2)14(19)21-11-7-5-4-6-9-17-10-8-13(18)16(3)15(17)20/h8,10,12H,4-7,9,11H2,1-3H3. The number of nitrogens with zero attached hydrogens (tertiary/aromatic N) is 2. The second-order valence-corrected chi connectivity index (χ2v) is 5.43. The van der Waals surface area contributed by atoms with Crippen LogP contribution < -0.4 is 11.2 Å². The molecule has 118 valence electrons.